The van der Waals surface area contributed by atoms with Crippen LogP contribution in [0.3, 0.4) is 0 Å². The summed E-state index contributed by atoms with van der Waals surface area (Å²) in [6.45, 7) is 6.67. The molecule has 31 heavy (non-hydrogen) atoms. The minimum absolute atomic E-state index is 0.0134. The Morgan fingerprint density at radius 3 is 2.39 bits per heavy atom. The zero-order chi connectivity index (χ0) is 22.2. The van der Waals surface area contributed by atoms with Crippen LogP contribution in [0.25, 0.3) is 0 Å². The van der Waals surface area contributed by atoms with Gasteiger partial charge in [-0.05, 0) is 51.7 Å². The standard InChI is InChI=1S/C24H35N3O4/c1-18(2)25-23(29)19-10-14-26(15-11-19)24(30)20-7-6-13-27(17-20)22(28)12-16-31-21-8-4-3-5-9-21/h3-5,8-9,18-20H,6-7,10-17H2,1-2H3,(H,25,29). The summed E-state index contributed by atoms with van der Waals surface area (Å²) >= 11 is 0. The minimum Gasteiger partial charge on any atom is -0.493 e. The van der Waals surface area contributed by atoms with Crippen molar-refractivity contribution < 1.29 is 19.1 Å². The van der Waals surface area contributed by atoms with Gasteiger partial charge >= 0.3 is 0 Å². The second-order valence-electron chi connectivity index (χ2n) is 8.85. The van der Waals surface area contributed by atoms with Crippen molar-refractivity contribution in [2.24, 2.45) is 11.8 Å². The summed E-state index contributed by atoms with van der Waals surface area (Å²) in [5.74, 6) is 0.856. The van der Waals surface area contributed by atoms with E-state index < -0.39 is 0 Å². The first-order chi connectivity index (χ1) is 14.9. The van der Waals surface area contributed by atoms with Crippen molar-refractivity contribution >= 4 is 17.7 Å². The highest BCUT2D eigenvalue weighted by molar-refractivity contribution is 5.82. The fraction of sp³-hybridized carbons (Fsp3) is 0.625. The fourth-order valence-electron chi connectivity index (χ4n) is 4.36. The maximum atomic E-state index is 13.0. The fourth-order valence-corrected chi connectivity index (χ4v) is 4.36. The molecule has 3 rings (SSSR count). The van der Waals surface area contributed by atoms with Gasteiger partial charge in [-0.3, -0.25) is 14.4 Å². The third-order valence-electron chi connectivity index (χ3n) is 6.06. The first-order valence-electron chi connectivity index (χ1n) is 11.5. The maximum Gasteiger partial charge on any atom is 0.227 e. The molecular formula is C24H35N3O4. The number of likely N-dealkylation sites (tertiary alicyclic amines) is 2. The Labute approximate surface area is 185 Å². The SMILES string of the molecule is CC(C)NC(=O)C1CCN(C(=O)C2CCCN(C(=O)CCOc3ccccc3)C2)CC1. The number of piperidine rings is 2. The van der Waals surface area contributed by atoms with Crippen LogP contribution in [-0.2, 0) is 14.4 Å². The van der Waals surface area contributed by atoms with Gasteiger partial charge in [-0.15, -0.1) is 0 Å². The lowest BCUT2D eigenvalue weighted by molar-refractivity contribution is -0.143. The molecule has 3 amide bonds. The molecule has 2 fully saturated rings. The number of nitrogens with zero attached hydrogens (tertiary/aromatic N) is 2. The number of carbonyl (C=O) groups excluding carboxylic acids is 3. The van der Waals surface area contributed by atoms with Crippen LogP contribution >= 0.6 is 0 Å². The molecule has 7 heteroatoms. The van der Waals surface area contributed by atoms with Gasteiger partial charge in [-0.25, -0.2) is 0 Å². The lowest BCUT2D eigenvalue weighted by Crippen LogP contribution is -2.50. The van der Waals surface area contributed by atoms with Crippen molar-refractivity contribution in [2.45, 2.75) is 52.0 Å². The van der Waals surface area contributed by atoms with E-state index in [4.69, 9.17) is 4.74 Å². The van der Waals surface area contributed by atoms with Crippen LogP contribution in [-0.4, -0.2) is 66.3 Å². The Hall–Kier alpha value is -2.57. The van der Waals surface area contributed by atoms with Gasteiger partial charge in [0.2, 0.25) is 17.7 Å². The smallest absolute Gasteiger partial charge is 0.227 e. The van der Waals surface area contributed by atoms with E-state index in [0.717, 1.165) is 18.6 Å². The largest absolute Gasteiger partial charge is 0.493 e. The Morgan fingerprint density at radius 1 is 1.00 bits per heavy atom. The summed E-state index contributed by atoms with van der Waals surface area (Å²) in [5, 5.41) is 2.97. The number of ether oxygens (including phenoxy) is 1. The summed E-state index contributed by atoms with van der Waals surface area (Å²) in [6, 6.07) is 9.60. The lowest BCUT2D eigenvalue weighted by Gasteiger charge is -2.37. The Morgan fingerprint density at radius 2 is 1.71 bits per heavy atom. The van der Waals surface area contributed by atoms with Crippen molar-refractivity contribution in [3.63, 3.8) is 0 Å². The van der Waals surface area contributed by atoms with Gasteiger partial charge in [-0.2, -0.15) is 0 Å². The van der Waals surface area contributed by atoms with Crippen LogP contribution in [0, 0.1) is 11.8 Å². The molecule has 1 aromatic carbocycles. The number of hydrogen-bond donors (Lipinski definition) is 1. The number of rotatable bonds is 7. The Kier molecular flexibility index (Phi) is 8.32. The first kappa shape index (κ1) is 23.1. The van der Waals surface area contributed by atoms with Gasteiger partial charge < -0.3 is 19.9 Å². The molecule has 1 atom stereocenters. The highest BCUT2D eigenvalue weighted by atomic mass is 16.5. The molecule has 1 aromatic rings. The average Bonchev–Trinajstić information content (AvgIpc) is 2.79. The van der Waals surface area contributed by atoms with Gasteiger partial charge in [-0.1, -0.05) is 18.2 Å². The lowest BCUT2D eigenvalue weighted by atomic mass is 9.92. The second-order valence-corrected chi connectivity index (χ2v) is 8.85. The predicted molar refractivity (Wildman–Crippen MR) is 118 cm³/mol. The van der Waals surface area contributed by atoms with E-state index >= 15 is 0 Å². The van der Waals surface area contributed by atoms with E-state index in [1.54, 1.807) is 0 Å². The number of para-hydroxylation sites is 1. The molecule has 2 aliphatic rings. The minimum atomic E-state index is -0.145. The maximum absolute atomic E-state index is 13.0. The summed E-state index contributed by atoms with van der Waals surface area (Å²) < 4.78 is 5.63. The third-order valence-corrected chi connectivity index (χ3v) is 6.06. The van der Waals surface area contributed by atoms with Crippen LogP contribution in [0.15, 0.2) is 30.3 Å². The zero-order valence-electron chi connectivity index (χ0n) is 18.7. The number of amides is 3. The van der Waals surface area contributed by atoms with Gasteiger partial charge in [0.1, 0.15) is 5.75 Å². The summed E-state index contributed by atoms with van der Waals surface area (Å²) in [4.78, 5) is 41.6. The zero-order valence-corrected chi connectivity index (χ0v) is 18.7. The van der Waals surface area contributed by atoms with Gasteiger partial charge in [0, 0.05) is 38.1 Å². The Bertz CT molecular complexity index is 744. The Balaban J connectivity index is 1.43. The molecule has 0 saturated carbocycles. The molecule has 2 heterocycles. The topological polar surface area (TPSA) is 79.0 Å². The predicted octanol–water partition coefficient (Wildman–Crippen LogP) is 2.46. The molecule has 0 spiro atoms. The number of benzene rings is 1. The molecule has 170 valence electrons. The molecule has 0 bridgehead atoms. The quantitative estimate of drug-likeness (QED) is 0.722. The van der Waals surface area contributed by atoms with E-state index in [1.807, 2.05) is 54.0 Å². The van der Waals surface area contributed by atoms with Gasteiger partial charge in [0.15, 0.2) is 0 Å². The van der Waals surface area contributed by atoms with E-state index in [2.05, 4.69) is 5.32 Å². The average molecular weight is 430 g/mol. The van der Waals surface area contributed by atoms with E-state index in [1.165, 1.54) is 0 Å². The number of carbonyl (C=O) groups is 3. The monoisotopic (exact) mass is 429 g/mol. The summed E-state index contributed by atoms with van der Waals surface area (Å²) in [7, 11) is 0. The van der Waals surface area contributed by atoms with E-state index in [0.29, 0.717) is 52.0 Å². The molecule has 0 aromatic heterocycles. The molecule has 7 nitrogen and oxygen atoms in total. The van der Waals surface area contributed by atoms with Crippen molar-refractivity contribution in [2.75, 3.05) is 32.8 Å². The molecular weight excluding hydrogens is 394 g/mol. The van der Waals surface area contributed by atoms with Gasteiger partial charge in [0.05, 0.1) is 18.9 Å². The molecule has 1 unspecified atom stereocenters. The van der Waals surface area contributed by atoms with E-state index in [-0.39, 0.29) is 35.6 Å². The van der Waals surface area contributed by atoms with Crippen LogP contribution in [0.1, 0.15) is 46.0 Å². The first-order valence-corrected chi connectivity index (χ1v) is 11.5. The van der Waals surface area contributed by atoms with Gasteiger partial charge in [0.25, 0.3) is 0 Å². The summed E-state index contributed by atoms with van der Waals surface area (Å²) in [5.41, 5.74) is 0. The van der Waals surface area contributed by atoms with Crippen LogP contribution < -0.4 is 10.1 Å². The van der Waals surface area contributed by atoms with Crippen molar-refractivity contribution in [3.8, 4) is 5.75 Å². The molecule has 0 radical (unpaired) electrons. The van der Waals surface area contributed by atoms with Crippen molar-refractivity contribution in [3.05, 3.63) is 30.3 Å². The molecule has 0 aliphatic carbocycles. The highest BCUT2D eigenvalue weighted by Gasteiger charge is 2.34. The summed E-state index contributed by atoms with van der Waals surface area (Å²) in [6.07, 6.45) is 3.38. The van der Waals surface area contributed by atoms with Crippen molar-refractivity contribution in [1.29, 1.82) is 0 Å². The number of nitrogens with one attached hydrogen (secondary N) is 1. The van der Waals surface area contributed by atoms with Crippen molar-refractivity contribution in [1.82, 2.24) is 15.1 Å². The number of hydrogen-bond acceptors (Lipinski definition) is 4. The van der Waals surface area contributed by atoms with E-state index in [9.17, 15) is 14.4 Å². The third kappa shape index (κ3) is 6.71. The highest BCUT2D eigenvalue weighted by Crippen LogP contribution is 2.24. The molecule has 2 saturated heterocycles. The molecule has 1 N–H and O–H groups in total. The second kappa shape index (κ2) is 11.2. The van der Waals surface area contributed by atoms with Crippen LogP contribution in [0.4, 0.5) is 0 Å². The normalized spacial score (nSPS) is 19.9. The van der Waals surface area contributed by atoms with Crippen LogP contribution in [0.5, 0.6) is 5.75 Å². The molecule has 2 aliphatic heterocycles. The van der Waals surface area contributed by atoms with Crippen LogP contribution in [0.2, 0.25) is 0 Å².